The Morgan fingerprint density at radius 2 is 2.05 bits per heavy atom. The molecule has 3 rings (SSSR count). The quantitative estimate of drug-likeness (QED) is 0.947. The van der Waals surface area contributed by atoms with E-state index in [1.54, 1.807) is 10.7 Å². The Kier molecular flexibility index (Phi) is 3.90. The summed E-state index contributed by atoms with van der Waals surface area (Å²) in [7, 11) is 0. The summed E-state index contributed by atoms with van der Waals surface area (Å²) in [6, 6.07) is 5.50. The van der Waals surface area contributed by atoms with Gasteiger partial charge in [-0.25, -0.2) is 9.67 Å². The van der Waals surface area contributed by atoms with E-state index < -0.39 is 11.7 Å². The van der Waals surface area contributed by atoms with Crippen molar-refractivity contribution in [3.8, 4) is 0 Å². The first-order valence-corrected chi connectivity index (χ1v) is 7.16. The van der Waals surface area contributed by atoms with E-state index in [1.165, 1.54) is 12.1 Å². The first-order chi connectivity index (χ1) is 10.5. The molecule has 0 fully saturated rings. The van der Waals surface area contributed by atoms with Crippen LogP contribution < -0.4 is 0 Å². The molecule has 118 valence electrons. The summed E-state index contributed by atoms with van der Waals surface area (Å²) >= 11 is 0. The molecule has 0 amide bonds. The third-order valence-corrected chi connectivity index (χ3v) is 3.94. The van der Waals surface area contributed by atoms with Gasteiger partial charge in [0.1, 0.15) is 5.82 Å². The van der Waals surface area contributed by atoms with Crippen molar-refractivity contribution in [3.05, 3.63) is 47.0 Å². The number of benzene rings is 1. The van der Waals surface area contributed by atoms with Gasteiger partial charge in [0.15, 0.2) is 5.82 Å². The van der Waals surface area contributed by atoms with Gasteiger partial charge in [-0.1, -0.05) is 18.2 Å². The van der Waals surface area contributed by atoms with Gasteiger partial charge in [-0.2, -0.15) is 18.3 Å². The van der Waals surface area contributed by atoms with E-state index in [0.29, 0.717) is 18.8 Å². The number of fused-ring (bicyclic) bond motifs is 1. The van der Waals surface area contributed by atoms with Crippen molar-refractivity contribution in [2.45, 2.75) is 32.0 Å². The van der Waals surface area contributed by atoms with Crippen LogP contribution >= 0.6 is 0 Å². The minimum absolute atomic E-state index is 0.0550. The van der Waals surface area contributed by atoms with Crippen LogP contribution in [0.1, 0.15) is 29.2 Å². The fraction of sp³-hybridized carbons (Fsp3) is 0.467. The van der Waals surface area contributed by atoms with Crippen LogP contribution in [0.2, 0.25) is 0 Å². The zero-order valence-corrected chi connectivity index (χ0v) is 11.8. The predicted octanol–water partition coefficient (Wildman–Crippen LogP) is 2.44. The SMILES string of the molecule is OCC1CCn2nc(Cc3ccccc3C(F)(F)F)nc2C1. The van der Waals surface area contributed by atoms with E-state index in [-0.39, 0.29) is 24.5 Å². The Labute approximate surface area is 125 Å². The molecule has 1 aromatic heterocycles. The Morgan fingerprint density at radius 3 is 2.77 bits per heavy atom. The van der Waals surface area contributed by atoms with E-state index in [1.807, 2.05) is 0 Å². The average molecular weight is 311 g/mol. The van der Waals surface area contributed by atoms with Gasteiger partial charge in [0.05, 0.1) is 5.56 Å². The lowest BCUT2D eigenvalue weighted by molar-refractivity contribution is -0.138. The summed E-state index contributed by atoms with van der Waals surface area (Å²) in [4.78, 5) is 4.34. The monoisotopic (exact) mass is 311 g/mol. The van der Waals surface area contributed by atoms with Crippen molar-refractivity contribution >= 4 is 0 Å². The molecule has 0 saturated carbocycles. The summed E-state index contributed by atoms with van der Waals surface area (Å²) in [5.74, 6) is 1.29. The molecule has 0 radical (unpaired) electrons. The number of hydrogen-bond acceptors (Lipinski definition) is 3. The number of rotatable bonds is 3. The van der Waals surface area contributed by atoms with Crippen LogP contribution in [0.15, 0.2) is 24.3 Å². The minimum Gasteiger partial charge on any atom is -0.396 e. The fourth-order valence-electron chi connectivity index (χ4n) is 2.77. The van der Waals surface area contributed by atoms with Crippen LogP contribution in [-0.4, -0.2) is 26.5 Å². The summed E-state index contributed by atoms with van der Waals surface area (Å²) in [6.07, 6.45) is -2.90. The summed E-state index contributed by atoms with van der Waals surface area (Å²) < 4.78 is 40.7. The molecular weight excluding hydrogens is 295 g/mol. The molecule has 1 aromatic carbocycles. The minimum atomic E-state index is -4.38. The van der Waals surface area contributed by atoms with Crippen molar-refractivity contribution in [1.82, 2.24) is 14.8 Å². The number of nitrogens with zero attached hydrogens (tertiary/aromatic N) is 3. The van der Waals surface area contributed by atoms with Gasteiger partial charge in [-0.15, -0.1) is 0 Å². The standard InChI is InChI=1S/C15H16F3N3O/c16-15(17,18)12-4-2-1-3-11(12)8-13-19-14-7-10(9-22)5-6-21(14)20-13/h1-4,10,22H,5-9H2. The predicted molar refractivity (Wildman–Crippen MR) is 73.2 cm³/mol. The van der Waals surface area contributed by atoms with Crippen LogP contribution in [0.25, 0.3) is 0 Å². The van der Waals surface area contributed by atoms with E-state index in [9.17, 15) is 18.3 Å². The number of aliphatic hydroxyl groups is 1. The number of hydrogen-bond donors (Lipinski definition) is 1. The molecule has 22 heavy (non-hydrogen) atoms. The Hall–Kier alpha value is -1.89. The van der Waals surface area contributed by atoms with Crippen LogP contribution in [0, 0.1) is 5.92 Å². The van der Waals surface area contributed by atoms with Crippen LogP contribution in [-0.2, 0) is 25.6 Å². The molecule has 0 aliphatic carbocycles. The highest BCUT2D eigenvalue weighted by Crippen LogP contribution is 2.32. The maximum Gasteiger partial charge on any atom is 0.416 e. The molecule has 2 heterocycles. The van der Waals surface area contributed by atoms with Gasteiger partial charge in [0, 0.05) is 26.0 Å². The van der Waals surface area contributed by atoms with Crippen molar-refractivity contribution in [2.75, 3.05) is 6.61 Å². The summed E-state index contributed by atoms with van der Waals surface area (Å²) in [6.45, 7) is 0.744. The van der Waals surface area contributed by atoms with E-state index in [4.69, 9.17) is 0 Å². The van der Waals surface area contributed by atoms with Crippen molar-refractivity contribution in [2.24, 2.45) is 5.92 Å². The van der Waals surface area contributed by atoms with Gasteiger partial charge in [0.25, 0.3) is 0 Å². The first kappa shape index (κ1) is 15.0. The van der Waals surface area contributed by atoms with Crippen LogP contribution in [0.3, 0.4) is 0 Å². The van der Waals surface area contributed by atoms with E-state index in [2.05, 4.69) is 10.1 Å². The maximum absolute atomic E-state index is 13.0. The summed E-state index contributed by atoms with van der Waals surface area (Å²) in [5.41, 5.74) is -0.465. The van der Waals surface area contributed by atoms with Gasteiger partial charge in [-0.05, 0) is 24.0 Å². The molecule has 4 nitrogen and oxygen atoms in total. The number of alkyl halides is 3. The van der Waals surface area contributed by atoms with Gasteiger partial charge in [-0.3, -0.25) is 0 Å². The lowest BCUT2D eigenvalue weighted by atomic mass is 9.99. The van der Waals surface area contributed by atoms with Crippen molar-refractivity contribution in [1.29, 1.82) is 0 Å². The molecule has 2 aromatic rings. The zero-order chi connectivity index (χ0) is 15.7. The third-order valence-electron chi connectivity index (χ3n) is 3.94. The van der Waals surface area contributed by atoms with E-state index in [0.717, 1.165) is 18.3 Å². The number of aryl methyl sites for hydroxylation is 1. The normalized spacial score (nSPS) is 18.3. The smallest absolute Gasteiger partial charge is 0.396 e. The third kappa shape index (κ3) is 2.99. The summed E-state index contributed by atoms with van der Waals surface area (Å²) in [5, 5.41) is 13.5. The number of aliphatic hydroxyl groups excluding tert-OH is 1. The average Bonchev–Trinajstić information content (AvgIpc) is 2.87. The zero-order valence-electron chi connectivity index (χ0n) is 11.8. The molecular formula is C15H16F3N3O. The maximum atomic E-state index is 13.0. The van der Waals surface area contributed by atoms with Crippen LogP contribution in [0.5, 0.6) is 0 Å². The lowest BCUT2D eigenvalue weighted by Gasteiger charge is -2.19. The molecule has 1 atom stereocenters. The topological polar surface area (TPSA) is 50.9 Å². The van der Waals surface area contributed by atoms with Crippen LogP contribution in [0.4, 0.5) is 13.2 Å². The lowest BCUT2D eigenvalue weighted by Crippen LogP contribution is -2.22. The highest BCUT2D eigenvalue weighted by Gasteiger charge is 2.33. The second-order valence-corrected chi connectivity index (χ2v) is 5.54. The Balaban J connectivity index is 1.85. The van der Waals surface area contributed by atoms with E-state index >= 15 is 0 Å². The molecule has 1 N–H and O–H groups in total. The highest BCUT2D eigenvalue weighted by atomic mass is 19.4. The fourth-order valence-corrected chi connectivity index (χ4v) is 2.77. The Morgan fingerprint density at radius 1 is 1.27 bits per heavy atom. The first-order valence-electron chi connectivity index (χ1n) is 7.16. The highest BCUT2D eigenvalue weighted by molar-refractivity contribution is 5.31. The van der Waals surface area contributed by atoms with Gasteiger partial charge < -0.3 is 5.11 Å². The molecule has 1 aliphatic heterocycles. The Bertz CT molecular complexity index is 666. The molecule has 0 spiro atoms. The van der Waals surface area contributed by atoms with Gasteiger partial charge >= 0.3 is 6.18 Å². The van der Waals surface area contributed by atoms with Crippen molar-refractivity contribution < 1.29 is 18.3 Å². The molecule has 7 heteroatoms. The second kappa shape index (κ2) is 5.72. The molecule has 0 saturated heterocycles. The van der Waals surface area contributed by atoms with Gasteiger partial charge in [0.2, 0.25) is 0 Å². The second-order valence-electron chi connectivity index (χ2n) is 5.54. The molecule has 1 unspecified atom stereocenters. The largest absolute Gasteiger partial charge is 0.416 e. The number of aromatic nitrogens is 3. The molecule has 1 aliphatic rings. The molecule has 0 bridgehead atoms. The number of halogens is 3. The van der Waals surface area contributed by atoms with Crippen molar-refractivity contribution in [3.63, 3.8) is 0 Å².